The number of carbonyl (C=O) groups excluding carboxylic acids is 2. The molecular formula is C9H15ClN2O2. The molecule has 0 N–H and O–H groups in total. The summed E-state index contributed by atoms with van der Waals surface area (Å²) < 4.78 is 0. The van der Waals surface area contributed by atoms with Gasteiger partial charge in [-0.15, -0.1) is 11.6 Å². The van der Waals surface area contributed by atoms with Gasteiger partial charge in [-0.25, -0.2) is 0 Å². The van der Waals surface area contributed by atoms with Crippen molar-refractivity contribution < 1.29 is 9.59 Å². The van der Waals surface area contributed by atoms with Gasteiger partial charge in [0.1, 0.15) is 5.88 Å². The summed E-state index contributed by atoms with van der Waals surface area (Å²) in [5.41, 5.74) is 0. The Labute approximate surface area is 88.8 Å². The number of carbonyl (C=O) groups is 2. The molecule has 0 radical (unpaired) electrons. The molecule has 5 heteroatoms. The number of nitrogens with zero attached hydrogens (tertiary/aromatic N) is 2. The first-order chi connectivity index (χ1) is 6.56. The summed E-state index contributed by atoms with van der Waals surface area (Å²) in [6, 6.07) is 0.0684. The van der Waals surface area contributed by atoms with Crippen LogP contribution in [-0.2, 0) is 9.59 Å². The van der Waals surface area contributed by atoms with Crippen molar-refractivity contribution in [1.29, 1.82) is 0 Å². The first kappa shape index (κ1) is 11.3. The molecule has 4 nitrogen and oxygen atoms in total. The summed E-state index contributed by atoms with van der Waals surface area (Å²) in [5, 5.41) is 0. The Kier molecular flexibility index (Phi) is 3.75. The Balaban J connectivity index is 2.56. The number of halogens is 1. The summed E-state index contributed by atoms with van der Waals surface area (Å²) >= 11 is 5.48. The molecule has 1 atom stereocenters. The molecule has 1 saturated heterocycles. The molecule has 14 heavy (non-hydrogen) atoms. The van der Waals surface area contributed by atoms with E-state index in [0.717, 1.165) is 0 Å². The van der Waals surface area contributed by atoms with E-state index >= 15 is 0 Å². The van der Waals surface area contributed by atoms with Crippen LogP contribution in [0.4, 0.5) is 0 Å². The van der Waals surface area contributed by atoms with Crippen LogP contribution in [0.15, 0.2) is 0 Å². The lowest BCUT2D eigenvalue weighted by atomic mass is 10.2. The lowest BCUT2D eigenvalue weighted by molar-refractivity contribution is -0.139. The normalized spacial score (nSPS) is 22.4. The van der Waals surface area contributed by atoms with E-state index in [1.807, 2.05) is 6.92 Å². The van der Waals surface area contributed by atoms with Crippen molar-refractivity contribution in [2.75, 3.05) is 25.5 Å². The summed E-state index contributed by atoms with van der Waals surface area (Å²) in [6.07, 6.45) is 0. The number of hydrogen-bond donors (Lipinski definition) is 0. The second-order valence-electron chi connectivity index (χ2n) is 3.53. The average molecular weight is 219 g/mol. The minimum absolute atomic E-state index is 0.0183. The molecule has 0 aromatic heterocycles. The molecule has 0 aliphatic carbocycles. The van der Waals surface area contributed by atoms with Crippen molar-refractivity contribution in [3.63, 3.8) is 0 Å². The minimum atomic E-state index is -0.0534. The first-order valence-corrected chi connectivity index (χ1v) is 5.20. The molecule has 2 amide bonds. The molecule has 0 spiro atoms. The SMILES string of the molecule is CC(=O)N1CCN(C(=O)CCl)[C@@H](C)C1. The van der Waals surface area contributed by atoms with Gasteiger partial charge >= 0.3 is 0 Å². The quantitative estimate of drug-likeness (QED) is 0.595. The zero-order valence-corrected chi connectivity index (χ0v) is 9.25. The van der Waals surface area contributed by atoms with Gasteiger partial charge in [-0.1, -0.05) is 0 Å². The van der Waals surface area contributed by atoms with Gasteiger partial charge in [0.2, 0.25) is 11.8 Å². The van der Waals surface area contributed by atoms with E-state index in [2.05, 4.69) is 0 Å². The summed E-state index contributed by atoms with van der Waals surface area (Å²) in [4.78, 5) is 25.9. The number of amides is 2. The second-order valence-corrected chi connectivity index (χ2v) is 3.80. The standard InChI is InChI=1S/C9H15ClN2O2/c1-7-6-11(8(2)13)3-4-12(7)9(14)5-10/h7H,3-6H2,1-2H3/t7-/m0/s1. The molecule has 0 bridgehead atoms. The highest BCUT2D eigenvalue weighted by Crippen LogP contribution is 2.10. The Hall–Kier alpha value is -0.770. The van der Waals surface area contributed by atoms with Gasteiger partial charge in [0.15, 0.2) is 0 Å². The molecule has 1 rings (SSSR count). The Morgan fingerprint density at radius 3 is 2.50 bits per heavy atom. The van der Waals surface area contributed by atoms with Crippen LogP contribution in [0.2, 0.25) is 0 Å². The topological polar surface area (TPSA) is 40.6 Å². The van der Waals surface area contributed by atoms with Gasteiger partial charge in [-0.2, -0.15) is 0 Å². The molecule has 1 heterocycles. The number of piperazine rings is 1. The third kappa shape index (κ3) is 2.38. The summed E-state index contributed by atoms with van der Waals surface area (Å²) in [7, 11) is 0. The third-order valence-corrected chi connectivity index (χ3v) is 2.74. The van der Waals surface area contributed by atoms with E-state index < -0.39 is 0 Å². The van der Waals surface area contributed by atoms with Crippen LogP contribution in [0.3, 0.4) is 0 Å². The van der Waals surface area contributed by atoms with Crippen molar-refractivity contribution in [3.05, 3.63) is 0 Å². The van der Waals surface area contributed by atoms with Gasteiger partial charge in [0, 0.05) is 32.6 Å². The van der Waals surface area contributed by atoms with E-state index in [0.29, 0.717) is 19.6 Å². The van der Waals surface area contributed by atoms with E-state index in [9.17, 15) is 9.59 Å². The van der Waals surface area contributed by atoms with Gasteiger partial charge in [0.05, 0.1) is 0 Å². The van der Waals surface area contributed by atoms with Crippen LogP contribution in [-0.4, -0.2) is 53.2 Å². The van der Waals surface area contributed by atoms with E-state index in [4.69, 9.17) is 11.6 Å². The van der Waals surface area contributed by atoms with Gasteiger partial charge < -0.3 is 9.80 Å². The predicted molar refractivity (Wildman–Crippen MR) is 54.1 cm³/mol. The molecular weight excluding hydrogens is 204 g/mol. The molecule has 1 aliphatic rings. The number of alkyl halides is 1. The maximum atomic E-state index is 11.3. The fraction of sp³-hybridized carbons (Fsp3) is 0.778. The van der Waals surface area contributed by atoms with Crippen molar-refractivity contribution in [2.24, 2.45) is 0 Å². The van der Waals surface area contributed by atoms with E-state index in [1.165, 1.54) is 0 Å². The molecule has 1 fully saturated rings. The highest BCUT2D eigenvalue weighted by Gasteiger charge is 2.27. The average Bonchev–Trinajstić information content (AvgIpc) is 2.16. The molecule has 0 aromatic carbocycles. The molecule has 1 aliphatic heterocycles. The lowest BCUT2D eigenvalue weighted by Crippen LogP contribution is -2.55. The Morgan fingerprint density at radius 1 is 1.43 bits per heavy atom. The van der Waals surface area contributed by atoms with Crippen molar-refractivity contribution in [3.8, 4) is 0 Å². The maximum Gasteiger partial charge on any atom is 0.237 e. The predicted octanol–water partition coefficient (Wildman–Crippen LogP) is 0.304. The van der Waals surface area contributed by atoms with Crippen LogP contribution in [0.25, 0.3) is 0 Å². The molecule has 0 aromatic rings. The minimum Gasteiger partial charge on any atom is -0.339 e. The van der Waals surface area contributed by atoms with Gasteiger partial charge in [-0.05, 0) is 6.92 Å². The molecule has 0 unspecified atom stereocenters. The third-order valence-electron chi connectivity index (χ3n) is 2.51. The van der Waals surface area contributed by atoms with Crippen molar-refractivity contribution in [1.82, 2.24) is 9.80 Å². The van der Waals surface area contributed by atoms with Crippen LogP contribution in [0.5, 0.6) is 0 Å². The van der Waals surface area contributed by atoms with E-state index in [1.54, 1.807) is 16.7 Å². The Bertz CT molecular complexity index is 245. The molecule has 0 saturated carbocycles. The second kappa shape index (κ2) is 4.64. The lowest BCUT2D eigenvalue weighted by Gasteiger charge is -2.39. The smallest absolute Gasteiger partial charge is 0.237 e. The van der Waals surface area contributed by atoms with E-state index in [-0.39, 0.29) is 23.7 Å². The number of rotatable bonds is 1. The van der Waals surface area contributed by atoms with Crippen LogP contribution >= 0.6 is 11.6 Å². The zero-order valence-electron chi connectivity index (χ0n) is 8.49. The zero-order chi connectivity index (χ0) is 10.7. The van der Waals surface area contributed by atoms with Gasteiger partial charge in [-0.3, -0.25) is 9.59 Å². The fourth-order valence-corrected chi connectivity index (χ4v) is 1.84. The highest BCUT2D eigenvalue weighted by atomic mass is 35.5. The van der Waals surface area contributed by atoms with Crippen LogP contribution < -0.4 is 0 Å². The molecule has 80 valence electrons. The van der Waals surface area contributed by atoms with Crippen LogP contribution in [0.1, 0.15) is 13.8 Å². The van der Waals surface area contributed by atoms with Gasteiger partial charge in [0.25, 0.3) is 0 Å². The first-order valence-electron chi connectivity index (χ1n) is 4.67. The van der Waals surface area contributed by atoms with Crippen LogP contribution in [0, 0.1) is 0 Å². The number of hydrogen-bond acceptors (Lipinski definition) is 2. The van der Waals surface area contributed by atoms with Crippen molar-refractivity contribution >= 4 is 23.4 Å². The monoisotopic (exact) mass is 218 g/mol. The Morgan fingerprint density at radius 2 is 2.07 bits per heavy atom. The van der Waals surface area contributed by atoms with Crippen molar-refractivity contribution in [2.45, 2.75) is 19.9 Å². The maximum absolute atomic E-state index is 11.3. The summed E-state index contributed by atoms with van der Waals surface area (Å²) in [5.74, 6) is 0.0296. The largest absolute Gasteiger partial charge is 0.339 e. The highest BCUT2D eigenvalue weighted by molar-refractivity contribution is 6.27. The summed E-state index contributed by atoms with van der Waals surface area (Å²) in [6.45, 7) is 5.29. The fourth-order valence-electron chi connectivity index (χ4n) is 1.69.